The number of sulfonamides is 1. The molecule has 0 heterocycles. The van der Waals surface area contributed by atoms with Crippen LogP contribution in [0.5, 0.6) is 11.5 Å². The molecule has 4 aromatic rings. The minimum atomic E-state index is -4.43. The van der Waals surface area contributed by atoms with Gasteiger partial charge in [-0.15, -0.1) is 0 Å². The number of ether oxygens (including phenoxy) is 2. The summed E-state index contributed by atoms with van der Waals surface area (Å²) >= 11 is 0. The quantitative estimate of drug-likeness (QED) is 0.173. The van der Waals surface area contributed by atoms with E-state index < -0.39 is 34.3 Å². The monoisotopic (exact) mass is 687 g/mol. The fraction of sp³-hybridized carbons (Fsp3) is 0.316. The summed E-state index contributed by atoms with van der Waals surface area (Å²) in [6.07, 6.45) is 3.96. The Morgan fingerprint density at radius 2 is 1.53 bits per heavy atom. The molecule has 1 unspecified atom stereocenters. The fourth-order valence-corrected chi connectivity index (χ4v) is 7.56. The average molecular weight is 688 g/mol. The van der Waals surface area contributed by atoms with Gasteiger partial charge in [-0.1, -0.05) is 67.4 Å². The number of rotatable bonds is 14. The molecule has 0 saturated heterocycles. The normalized spacial score (nSPS) is 13.8. The number of anilines is 1. The maximum absolute atomic E-state index is 14.7. The molecule has 0 spiro atoms. The topological polar surface area (TPSA) is 105 Å². The van der Waals surface area contributed by atoms with E-state index in [0.29, 0.717) is 5.75 Å². The molecule has 0 aliphatic heterocycles. The molecule has 0 radical (unpaired) electrons. The minimum Gasteiger partial charge on any atom is -0.493 e. The van der Waals surface area contributed by atoms with Crippen molar-refractivity contribution in [3.63, 3.8) is 0 Å². The number of carbonyl (C=O) groups is 2. The maximum atomic E-state index is 14.7. The summed E-state index contributed by atoms with van der Waals surface area (Å²) in [5, 5.41) is 3.17. The molecule has 5 rings (SSSR count). The van der Waals surface area contributed by atoms with Crippen LogP contribution in [0.15, 0.2) is 102 Å². The van der Waals surface area contributed by atoms with E-state index in [1.54, 1.807) is 0 Å². The lowest BCUT2D eigenvalue weighted by Gasteiger charge is -2.34. The molecular weight excluding hydrogens is 645 g/mol. The lowest BCUT2D eigenvalue weighted by Crippen LogP contribution is -2.54. The standard InChI is InChI=1S/C38H42FN3O6S/c1-27-11-7-8-14-29(27)25-41(34(23-28-12-5-4-6-13-28)38(44)40-31-15-9-10-16-31)37(43)26-42(32-19-17-30(39)18-20-32)49(45,46)33-21-22-35(47-2)36(24-33)48-3/h4-8,11-14,17-22,24,31,34H,9-10,15-16,23,25-26H2,1-3H3,(H,40,44). The van der Waals surface area contributed by atoms with E-state index in [0.717, 1.165) is 58.8 Å². The Morgan fingerprint density at radius 1 is 0.878 bits per heavy atom. The third kappa shape index (κ3) is 8.58. The van der Waals surface area contributed by atoms with Crippen molar-refractivity contribution in [2.45, 2.75) is 62.6 Å². The first-order valence-corrected chi connectivity index (χ1v) is 17.7. The third-order valence-corrected chi connectivity index (χ3v) is 10.7. The molecule has 0 bridgehead atoms. The van der Waals surface area contributed by atoms with Crippen LogP contribution in [0.4, 0.5) is 10.1 Å². The smallest absolute Gasteiger partial charge is 0.264 e. The van der Waals surface area contributed by atoms with Gasteiger partial charge < -0.3 is 19.7 Å². The number of amides is 2. The van der Waals surface area contributed by atoms with Crippen LogP contribution in [0, 0.1) is 12.7 Å². The second kappa shape index (κ2) is 16.0. The summed E-state index contributed by atoms with van der Waals surface area (Å²) in [5.74, 6) is -0.951. The number of aryl methyl sites for hydroxylation is 1. The Balaban J connectivity index is 1.59. The average Bonchev–Trinajstić information content (AvgIpc) is 3.63. The Bertz CT molecular complexity index is 1850. The molecule has 2 amide bonds. The van der Waals surface area contributed by atoms with E-state index in [-0.39, 0.29) is 41.2 Å². The molecule has 1 N–H and O–H groups in total. The summed E-state index contributed by atoms with van der Waals surface area (Å²) in [6, 6.07) is 25.1. The summed E-state index contributed by atoms with van der Waals surface area (Å²) in [4.78, 5) is 30.2. The summed E-state index contributed by atoms with van der Waals surface area (Å²) in [5.41, 5.74) is 2.67. The van der Waals surface area contributed by atoms with Crippen molar-refractivity contribution in [2.75, 3.05) is 25.1 Å². The van der Waals surface area contributed by atoms with E-state index in [1.807, 2.05) is 61.5 Å². The number of hydrogen-bond donors (Lipinski definition) is 1. The van der Waals surface area contributed by atoms with E-state index in [4.69, 9.17) is 9.47 Å². The molecule has 4 aromatic carbocycles. The van der Waals surface area contributed by atoms with Crippen LogP contribution in [0.25, 0.3) is 0 Å². The van der Waals surface area contributed by atoms with Crippen LogP contribution in [-0.4, -0.2) is 58.0 Å². The molecule has 11 heteroatoms. The number of nitrogens with one attached hydrogen (secondary N) is 1. The first kappa shape index (κ1) is 35.4. The van der Waals surface area contributed by atoms with Crippen LogP contribution < -0.4 is 19.1 Å². The van der Waals surface area contributed by atoms with Gasteiger partial charge in [-0.2, -0.15) is 0 Å². The molecule has 1 saturated carbocycles. The molecule has 1 fully saturated rings. The van der Waals surface area contributed by atoms with Gasteiger partial charge >= 0.3 is 0 Å². The van der Waals surface area contributed by atoms with Gasteiger partial charge in [0.05, 0.1) is 24.8 Å². The number of hydrogen-bond acceptors (Lipinski definition) is 6. The molecule has 0 aromatic heterocycles. The highest BCUT2D eigenvalue weighted by molar-refractivity contribution is 7.92. The van der Waals surface area contributed by atoms with Crippen molar-refractivity contribution in [2.24, 2.45) is 0 Å². The Hall–Kier alpha value is -4.90. The van der Waals surface area contributed by atoms with Crippen molar-refractivity contribution in [3.05, 3.63) is 120 Å². The van der Waals surface area contributed by atoms with E-state index in [2.05, 4.69) is 5.32 Å². The zero-order valence-electron chi connectivity index (χ0n) is 28.0. The van der Waals surface area contributed by atoms with Crippen molar-refractivity contribution in [1.29, 1.82) is 0 Å². The van der Waals surface area contributed by atoms with Gasteiger partial charge in [-0.25, -0.2) is 12.8 Å². The number of carbonyl (C=O) groups excluding carboxylic acids is 2. The zero-order chi connectivity index (χ0) is 35.0. The second-order valence-corrected chi connectivity index (χ2v) is 14.0. The van der Waals surface area contributed by atoms with Gasteiger partial charge in [0.2, 0.25) is 11.8 Å². The van der Waals surface area contributed by atoms with Crippen LogP contribution in [0.2, 0.25) is 0 Å². The van der Waals surface area contributed by atoms with Gasteiger partial charge in [0.1, 0.15) is 18.4 Å². The molecular formula is C38H42FN3O6S. The summed E-state index contributed by atoms with van der Waals surface area (Å²) in [7, 11) is -1.60. The maximum Gasteiger partial charge on any atom is 0.264 e. The van der Waals surface area contributed by atoms with Crippen LogP contribution in [0.3, 0.4) is 0 Å². The number of benzene rings is 4. The van der Waals surface area contributed by atoms with Gasteiger partial charge in [0.25, 0.3) is 10.0 Å². The first-order valence-electron chi connectivity index (χ1n) is 16.3. The molecule has 1 atom stereocenters. The molecule has 258 valence electrons. The van der Waals surface area contributed by atoms with E-state index in [1.165, 1.54) is 49.5 Å². The zero-order valence-corrected chi connectivity index (χ0v) is 28.8. The highest BCUT2D eigenvalue weighted by Crippen LogP contribution is 2.33. The largest absolute Gasteiger partial charge is 0.493 e. The minimum absolute atomic E-state index is 0.00216. The first-order chi connectivity index (χ1) is 23.6. The summed E-state index contributed by atoms with van der Waals surface area (Å²) in [6.45, 7) is 1.33. The highest BCUT2D eigenvalue weighted by atomic mass is 32.2. The van der Waals surface area contributed by atoms with Crippen molar-refractivity contribution in [3.8, 4) is 11.5 Å². The molecule has 49 heavy (non-hydrogen) atoms. The number of halogens is 1. The Labute approximate surface area is 287 Å². The van der Waals surface area contributed by atoms with E-state index >= 15 is 0 Å². The fourth-order valence-electron chi connectivity index (χ4n) is 6.13. The van der Waals surface area contributed by atoms with Crippen LogP contribution in [0.1, 0.15) is 42.4 Å². The lowest BCUT2D eigenvalue weighted by molar-refractivity contribution is -0.140. The Kier molecular flexibility index (Phi) is 11.6. The Morgan fingerprint density at radius 3 is 2.18 bits per heavy atom. The van der Waals surface area contributed by atoms with Crippen molar-refractivity contribution in [1.82, 2.24) is 10.2 Å². The molecule has 1 aliphatic carbocycles. The van der Waals surface area contributed by atoms with Gasteiger partial charge in [-0.05, 0) is 72.9 Å². The van der Waals surface area contributed by atoms with Gasteiger partial charge in [0.15, 0.2) is 11.5 Å². The molecule has 9 nitrogen and oxygen atoms in total. The predicted molar refractivity (Wildman–Crippen MR) is 187 cm³/mol. The van der Waals surface area contributed by atoms with Crippen molar-refractivity contribution < 1.29 is 31.9 Å². The van der Waals surface area contributed by atoms with Crippen molar-refractivity contribution >= 4 is 27.5 Å². The number of nitrogens with zero attached hydrogens (tertiary/aromatic N) is 2. The SMILES string of the molecule is COc1ccc(S(=O)(=O)N(CC(=O)N(Cc2ccccc2C)C(Cc2ccccc2)C(=O)NC2CCCC2)c2ccc(F)cc2)cc1OC. The second-order valence-electron chi connectivity index (χ2n) is 12.1. The van der Waals surface area contributed by atoms with Gasteiger partial charge in [0, 0.05) is 25.1 Å². The number of methoxy groups -OCH3 is 2. The predicted octanol–water partition coefficient (Wildman–Crippen LogP) is 6.05. The highest BCUT2D eigenvalue weighted by Gasteiger charge is 2.36. The molecule has 1 aliphatic rings. The lowest BCUT2D eigenvalue weighted by atomic mass is 10.0. The van der Waals surface area contributed by atoms with Crippen LogP contribution in [-0.2, 0) is 32.6 Å². The van der Waals surface area contributed by atoms with E-state index in [9.17, 15) is 22.4 Å². The third-order valence-electron chi connectivity index (χ3n) is 8.91. The van der Waals surface area contributed by atoms with Crippen LogP contribution >= 0.6 is 0 Å². The summed E-state index contributed by atoms with van der Waals surface area (Å²) < 4.78 is 54.4. The van der Waals surface area contributed by atoms with Gasteiger partial charge in [-0.3, -0.25) is 13.9 Å².